The SMILES string of the molecule is COCOc1ccc(C(=O)OC(=O)c2ccc(OCOC)cc2)cc1. The van der Waals surface area contributed by atoms with Gasteiger partial charge in [-0.3, -0.25) is 0 Å². The Morgan fingerprint density at radius 1 is 0.680 bits per heavy atom. The van der Waals surface area contributed by atoms with E-state index in [4.69, 9.17) is 23.7 Å². The van der Waals surface area contributed by atoms with E-state index in [1.165, 1.54) is 38.5 Å². The van der Waals surface area contributed by atoms with Crippen molar-refractivity contribution >= 4 is 11.9 Å². The van der Waals surface area contributed by atoms with Gasteiger partial charge >= 0.3 is 11.9 Å². The molecule has 0 aliphatic rings. The summed E-state index contributed by atoms with van der Waals surface area (Å²) in [5.74, 6) is -0.418. The quantitative estimate of drug-likeness (QED) is 0.413. The van der Waals surface area contributed by atoms with E-state index in [-0.39, 0.29) is 24.7 Å². The van der Waals surface area contributed by atoms with Crippen molar-refractivity contribution in [1.82, 2.24) is 0 Å². The molecule has 2 aromatic rings. The Labute approximate surface area is 145 Å². The molecule has 132 valence electrons. The number of methoxy groups -OCH3 is 2. The number of esters is 2. The largest absolute Gasteiger partial charge is 0.468 e. The van der Waals surface area contributed by atoms with Crippen LogP contribution in [0.1, 0.15) is 20.7 Å². The summed E-state index contributed by atoms with van der Waals surface area (Å²) in [6.45, 7) is 0.207. The number of hydrogen-bond acceptors (Lipinski definition) is 7. The van der Waals surface area contributed by atoms with Crippen molar-refractivity contribution in [2.24, 2.45) is 0 Å². The second-order valence-corrected chi connectivity index (χ2v) is 4.83. The van der Waals surface area contributed by atoms with Crippen LogP contribution >= 0.6 is 0 Å². The highest BCUT2D eigenvalue weighted by atomic mass is 16.7. The molecule has 0 saturated heterocycles. The normalized spacial score (nSPS) is 10.2. The van der Waals surface area contributed by atoms with Crippen molar-refractivity contribution < 1.29 is 33.3 Å². The van der Waals surface area contributed by atoms with Crippen LogP contribution in [0.15, 0.2) is 48.5 Å². The first-order chi connectivity index (χ1) is 12.1. The van der Waals surface area contributed by atoms with E-state index in [0.29, 0.717) is 11.5 Å². The maximum Gasteiger partial charge on any atom is 0.346 e. The molecule has 7 nitrogen and oxygen atoms in total. The first-order valence-electron chi connectivity index (χ1n) is 7.34. The minimum Gasteiger partial charge on any atom is -0.468 e. The predicted molar refractivity (Wildman–Crippen MR) is 87.6 cm³/mol. The standard InChI is InChI=1S/C18H18O7/c1-21-11-23-15-7-3-13(4-8-15)17(19)25-18(20)14-5-9-16(10-6-14)24-12-22-2/h3-10H,11-12H2,1-2H3. The topological polar surface area (TPSA) is 80.3 Å². The Balaban J connectivity index is 1.94. The number of hydrogen-bond donors (Lipinski definition) is 0. The maximum atomic E-state index is 12.0. The first-order valence-corrected chi connectivity index (χ1v) is 7.34. The van der Waals surface area contributed by atoms with Crippen LogP contribution in [0.3, 0.4) is 0 Å². The van der Waals surface area contributed by atoms with Crippen LogP contribution in [0.2, 0.25) is 0 Å². The van der Waals surface area contributed by atoms with Crippen LogP contribution in [-0.4, -0.2) is 39.7 Å². The zero-order valence-corrected chi connectivity index (χ0v) is 13.9. The monoisotopic (exact) mass is 346 g/mol. The van der Waals surface area contributed by atoms with Gasteiger partial charge in [0.25, 0.3) is 0 Å². The molecule has 0 amide bonds. The Kier molecular flexibility index (Phi) is 6.94. The minimum absolute atomic E-state index is 0.104. The maximum absolute atomic E-state index is 12.0. The second kappa shape index (κ2) is 9.41. The van der Waals surface area contributed by atoms with Crippen molar-refractivity contribution in [3.05, 3.63) is 59.7 Å². The molecule has 0 spiro atoms. The fourth-order valence-electron chi connectivity index (χ4n) is 1.83. The number of rotatable bonds is 8. The molecule has 0 aromatic heterocycles. The van der Waals surface area contributed by atoms with Crippen LogP contribution in [0.4, 0.5) is 0 Å². The number of benzene rings is 2. The lowest BCUT2D eigenvalue weighted by atomic mass is 10.2. The molecule has 0 unspecified atom stereocenters. The van der Waals surface area contributed by atoms with Crippen molar-refractivity contribution in [2.75, 3.05) is 27.8 Å². The molecule has 0 saturated carbocycles. The minimum atomic E-state index is -0.747. The average Bonchev–Trinajstić information content (AvgIpc) is 2.65. The van der Waals surface area contributed by atoms with Crippen molar-refractivity contribution in [3.63, 3.8) is 0 Å². The molecule has 0 atom stereocenters. The summed E-state index contributed by atoms with van der Waals surface area (Å²) in [7, 11) is 3.02. The summed E-state index contributed by atoms with van der Waals surface area (Å²) in [6.07, 6.45) is 0. The van der Waals surface area contributed by atoms with Crippen LogP contribution in [0, 0.1) is 0 Å². The molecule has 0 heterocycles. The molecule has 0 bridgehead atoms. The molecule has 0 aliphatic heterocycles. The van der Waals surface area contributed by atoms with Gasteiger partial charge in [-0.1, -0.05) is 0 Å². The van der Waals surface area contributed by atoms with Gasteiger partial charge in [0.05, 0.1) is 11.1 Å². The third-order valence-corrected chi connectivity index (χ3v) is 3.05. The van der Waals surface area contributed by atoms with Crippen molar-refractivity contribution in [1.29, 1.82) is 0 Å². The smallest absolute Gasteiger partial charge is 0.346 e. The summed E-state index contributed by atoms with van der Waals surface area (Å²) in [6, 6.07) is 12.4. The molecule has 0 aliphatic carbocycles. The van der Waals surface area contributed by atoms with Gasteiger partial charge in [-0.25, -0.2) is 9.59 Å². The lowest BCUT2D eigenvalue weighted by molar-refractivity contribution is 0.0397. The lowest BCUT2D eigenvalue weighted by Crippen LogP contribution is -2.13. The van der Waals surface area contributed by atoms with Crippen LogP contribution in [-0.2, 0) is 14.2 Å². The Morgan fingerprint density at radius 3 is 1.36 bits per heavy atom. The van der Waals surface area contributed by atoms with Crippen LogP contribution < -0.4 is 9.47 Å². The molecular weight excluding hydrogens is 328 g/mol. The van der Waals surface area contributed by atoms with Crippen LogP contribution in [0.25, 0.3) is 0 Å². The predicted octanol–water partition coefficient (Wildman–Crippen LogP) is 2.65. The van der Waals surface area contributed by atoms with Gasteiger partial charge in [0.15, 0.2) is 13.6 Å². The van der Waals surface area contributed by atoms with E-state index in [9.17, 15) is 9.59 Å². The molecule has 0 radical (unpaired) electrons. The van der Waals surface area contributed by atoms with Crippen molar-refractivity contribution in [2.45, 2.75) is 0 Å². The fourth-order valence-corrected chi connectivity index (χ4v) is 1.83. The van der Waals surface area contributed by atoms with Gasteiger partial charge in [0, 0.05) is 14.2 Å². The van der Waals surface area contributed by atoms with Gasteiger partial charge in [0.2, 0.25) is 0 Å². The summed E-state index contributed by atoms with van der Waals surface area (Å²) >= 11 is 0. The third-order valence-electron chi connectivity index (χ3n) is 3.05. The Bertz CT molecular complexity index is 631. The number of ether oxygens (including phenoxy) is 5. The molecular formula is C18H18O7. The zero-order chi connectivity index (χ0) is 18.1. The Hall–Kier alpha value is -2.90. The number of carbonyl (C=O) groups is 2. The van der Waals surface area contributed by atoms with Crippen LogP contribution in [0.5, 0.6) is 11.5 Å². The molecule has 2 rings (SSSR count). The molecule has 0 N–H and O–H groups in total. The fraction of sp³-hybridized carbons (Fsp3) is 0.222. The van der Waals surface area contributed by atoms with Gasteiger partial charge < -0.3 is 23.7 Å². The van der Waals surface area contributed by atoms with E-state index in [1.807, 2.05) is 0 Å². The van der Waals surface area contributed by atoms with Gasteiger partial charge in [0.1, 0.15) is 11.5 Å². The first kappa shape index (κ1) is 18.4. The summed E-state index contributed by atoms with van der Waals surface area (Å²) in [4.78, 5) is 24.0. The van der Waals surface area contributed by atoms with Gasteiger partial charge in [-0.05, 0) is 48.5 Å². The lowest BCUT2D eigenvalue weighted by Gasteiger charge is -2.07. The summed E-state index contributed by atoms with van der Waals surface area (Å²) in [5.41, 5.74) is 0.469. The van der Waals surface area contributed by atoms with E-state index in [0.717, 1.165) is 0 Å². The van der Waals surface area contributed by atoms with E-state index >= 15 is 0 Å². The molecule has 2 aromatic carbocycles. The molecule has 25 heavy (non-hydrogen) atoms. The molecule has 0 fully saturated rings. The highest BCUT2D eigenvalue weighted by Crippen LogP contribution is 2.15. The average molecular weight is 346 g/mol. The second-order valence-electron chi connectivity index (χ2n) is 4.83. The van der Waals surface area contributed by atoms with Crippen molar-refractivity contribution in [3.8, 4) is 11.5 Å². The van der Waals surface area contributed by atoms with Gasteiger partial charge in [-0.2, -0.15) is 0 Å². The number of carbonyl (C=O) groups excluding carboxylic acids is 2. The zero-order valence-electron chi connectivity index (χ0n) is 13.9. The van der Waals surface area contributed by atoms with E-state index in [1.54, 1.807) is 24.3 Å². The highest BCUT2D eigenvalue weighted by Gasteiger charge is 2.15. The Morgan fingerprint density at radius 2 is 1.04 bits per heavy atom. The molecule has 7 heteroatoms. The van der Waals surface area contributed by atoms with Gasteiger partial charge in [-0.15, -0.1) is 0 Å². The summed E-state index contributed by atoms with van der Waals surface area (Å²) in [5, 5.41) is 0. The van der Waals surface area contributed by atoms with E-state index < -0.39 is 11.9 Å². The third kappa shape index (κ3) is 5.59. The highest BCUT2D eigenvalue weighted by molar-refractivity contribution is 6.02. The van der Waals surface area contributed by atoms with E-state index in [2.05, 4.69) is 0 Å². The summed E-state index contributed by atoms with van der Waals surface area (Å²) < 4.78 is 24.9.